The standard InChI is InChI=1S/C16H23ClN4O.ClH/c1-9(2)15-18-8-13(17)14(20-15)16(22)21(3)12-6-10-4-5-11(7-12)19-10;/h8-12,19H,4-7H2,1-3H3;1H. The molecule has 1 aromatic rings. The van der Waals surface area contributed by atoms with Crippen molar-refractivity contribution in [3.8, 4) is 0 Å². The first-order chi connectivity index (χ1) is 10.5. The lowest BCUT2D eigenvalue weighted by molar-refractivity contribution is 0.0675. The third-order valence-corrected chi connectivity index (χ3v) is 5.07. The highest BCUT2D eigenvalue weighted by Gasteiger charge is 2.37. The molecule has 3 rings (SSSR count). The summed E-state index contributed by atoms with van der Waals surface area (Å²) in [6.45, 7) is 4.01. The summed E-state index contributed by atoms with van der Waals surface area (Å²) in [5.74, 6) is 0.732. The van der Waals surface area contributed by atoms with E-state index in [9.17, 15) is 4.79 Å². The first-order valence-electron chi connectivity index (χ1n) is 8.01. The summed E-state index contributed by atoms with van der Waals surface area (Å²) in [6.07, 6.45) is 6.00. The zero-order valence-electron chi connectivity index (χ0n) is 13.8. The maximum absolute atomic E-state index is 12.8. The number of rotatable bonds is 3. The largest absolute Gasteiger partial charge is 0.337 e. The average Bonchev–Trinajstić information content (AvgIpc) is 2.84. The summed E-state index contributed by atoms with van der Waals surface area (Å²) < 4.78 is 0. The van der Waals surface area contributed by atoms with Crippen molar-refractivity contribution >= 4 is 29.9 Å². The number of hydrogen-bond donors (Lipinski definition) is 1. The normalized spacial score (nSPS) is 26.0. The van der Waals surface area contributed by atoms with Crippen molar-refractivity contribution in [3.63, 3.8) is 0 Å². The van der Waals surface area contributed by atoms with Crippen molar-refractivity contribution in [2.75, 3.05) is 7.05 Å². The highest BCUT2D eigenvalue weighted by Crippen LogP contribution is 2.30. The van der Waals surface area contributed by atoms with Crippen molar-refractivity contribution in [2.45, 2.75) is 63.6 Å². The predicted octanol–water partition coefficient (Wildman–Crippen LogP) is 3.03. The second-order valence-corrected chi connectivity index (χ2v) is 7.17. The Kier molecular flexibility index (Phi) is 5.87. The SMILES string of the molecule is CC(C)c1ncc(Cl)c(C(=O)N(C)C2CC3CCC(C2)N3)n1.Cl. The number of piperidine rings is 1. The lowest BCUT2D eigenvalue weighted by Crippen LogP contribution is -2.49. The quantitative estimate of drug-likeness (QED) is 0.901. The van der Waals surface area contributed by atoms with Crippen LogP contribution in [0.1, 0.15) is 61.8 Å². The molecule has 0 saturated carbocycles. The lowest BCUT2D eigenvalue weighted by Gasteiger charge is -2.35. The zero-order chi connectivity index (χ0) is 15.9. The van der Waals surface area contributed by atoms with Gasteiger partial charge in [-0.05, 0) is 25.7 Å². The Morgan fingerprint density at radius 2 is 1.96 bits per heavy atom. The van der Waals surface area contributed by atoms with Crippen LogP contribution in [0.5, 0.6) is 0 Å². The van der Waals surface area contributed by atoms with Gasteiger partial charge in [-0.2, -0.15) is 0 Å². The van der Waals surface area contributed by atoms with Gasteiger partial charge < -0.3 is 10.2 Å². The first kappa shape index (κ1) is 18.4. The van der Waals surface area contributed by atoms with Gasteiger partial charge in [0.25, 0.3) is 5.91 Å². The van der Waals surface area contributed by atoms with E-state index in [1.54, 1.807) is 0 Å². The summed E-state index contributed by atoms with van der Waals surface area (Å²) in [7, 11) is 1.87. The number of carbonyl (C=O) groups is 1. The molecule has 2 fully saturated rings. The Labute approximate surface area is 148 Å². The van der Waals surface area contributed by atoms with Crippen LogP contribution in [0, 0.1) is 0 Å². The van der Waals surface area contributed by atoms with Gasteiger partial charge in [0.15, 0.2) is 5.69 Å². The van der Waals surface area contributed by atoms with E-state index in [4.69, 9.17) is 11.6 Å². The van der Waals surface area contributed by atoms with Gasteiger partial charge in [-0.3, -0.25) is 4.79 Å². The summed E-state index contributed by atoms with van der Waals surface area (Å²) in [5, 5.41) is 3.93. The number of nitrogens with zero attached hydrogens (tertiary/aromatic N) is 3. The van der Waals surface area contributed by atoms with Crippen LogP contribution in [0.25, 0.3) is 0 Å². The Hall–Kier alpha value is -0.910. The molecule has 2 aliphatic heterocycles. The summed E-state index contributed by atoms with van der Waals surface area (Å²) in [4.78, 5) is 23.2. The zero-order valence-corrected chi connectivity index (χ0v) is 15.3. The van der Waals surface area contributed by atoms with Crippen molar-refractivity contribution in [1.82, 2.24) is 20.2 Å². The molecule has 2 saturated heterocycles. The minimum absolute atomic E-state index is 0. The fraction of sp³-hybridized carbons (Fsp3) is 0.688. The number of halogens is 2. The van der Waals surface area contributed by atoms with E-state index in [1.165, 1.54) is 19.0 Å². The molecule has 2 bridgehead atoms. The van der Waals surface area contributed by atoms with E-state index < -0.39 is 0 Å². The monoisotopic (exact) mass is 358 g/mol. The molecule has 7 heteroatoms. The van der Waals surface area contributed by atoms with Crippen molar-refractivity contribution in [3.05, 3.63) is 22.7 Å². The Morgan fingerprint density at radius 1 is 1.35 bits per heavy atom. The molecule has 0 aliphatic carbocycles. The number of aromatic nitrogens is 2. The molecule has 1 aromatic heterocycles. The van der Waals surface area contributed by atoms with Crippen LogP contribution >= 0.6 is 24.0 Å². The van der Waals surface area contributed by atoms with Crippen LogP contribution in [0.15, 0.2) is 6.20 Å². The van der Waals surface area contributed by atoms with Gasteiger partial charge in [-0.25, -0.2) is 9.97 Å². The average molecular weight is 359 g/mol. The minimum atomic E-state index is -0.0967. The molecule has 5 nitrogen and oxygen atoms in total. The van der Waals surface area contributed by atoms with Crippen LogP contribution in [-0.2, 0) is 0 Å². The molecule has 128 valence electrons. The molecule has 1 N–H and O–H groups in total. The van der Waals surface area contributed by atoms with E-state index in [2.05, 4.69) is 15.3 Å². The van der Waals surface area contributed by atoms with Crippen LogP contribution in [0.4, 0.5) is 0 Å². The Bertz CT molecular complexity index is 569. The smallest absolute Gasteiger partial charge is 0.274 e. The van der Waals surface area contributed by atoms with Crippen molar-refractivity contribution < 1.29 is 4.79 Å². The van der Waals surface area contributed by atoms with Crippen molar-refractivity contribution in [1.29, 1.82) is 0 Å². The second kappa shape index (κ2) is 7.32. The van der Waals surface area contributed by atoms with Gasteiger partial charge in [0, 0.05) is 31.1 Å². The number of carbonyl (C=O) groups excluding carboxylic acids is 1. The lowest BCUT2D eigenvalue weighted by atomic mass is 9.98. The van der Waals surface area contributed by atoms with Crippen molar-refractivity contribution in [2.24, 2.45) is 0 Å². The van der Waals surface area contributed by atoms with Gasteiger partial charge in [0.1, 0.15) is 5.82 Å². The summed E-state index contributed by atoms with van der Waals surface area (Å²) >= 11 is 6.16. The Balaban J connectivity index is 0.00000192. The van der Waals surface area contributed by atoms with E-state index in [0.717, 1.165) is 12.8 Å². The molecule has 1 amide bonds. The van der Waals surface area contributed by atoms with Gasteiger partial charge in [0.05, 0.1) is 11.2 Å². The maximum atomic E-state index is 12.8. The maximum Gasteiger partial charge on any atom is 0.274 e. The predicted molar refractivity (Wildman–Crippen MR) is 93.4 cm³/mol. The number of fused-ring (bicyclic) bond motifs is 2. The van der Waals surface area contributed by atoms with Gasteiger partial charge in [-0.1, -0.05) is 25.4 Å². The van der Waals surface area contributed by atoms with Gasteiger partial charge in [-0.15, -0.1) is 12.4 Å². The highest BCUT2D eigenvalue weighted by atomic mass is 35.5. The molecule has 23 heavy (non-hydrogen) atoms. The van der Waals surface area contributed by atoms with Gasteiger partial charge >= 0.3 is 0 Å². The second-order valence-electron chi connectivity index (χ2n) is 6.76. The van der Waals surface area contributed by atoms with E-state index in [-0.39, 0.29) is 30.3 Å². The number of nitrogens with one attached hydrogen (secondary N) is 1. The van der Waals surface area contributed by atoms with Crippen LogP contribution in [0.3, 0.4) is 0 Å². The van der Waals surface area contributed by atoms with Crippen LogP contribution in [0.2, 0.25) is 5.02 Å². The summed E-state index contributed by atoms with van der Waals surface area (Å²) in [6, 6.07) is 1.36. The molecular weight excluding hydrogens is 335 g/mol. The fourth-order valence-electron chi connectivity index (χ4n) is 3.49. The number of amides is 1. The molecule has 0 aromatic carbocycles. The molecular formula is C16H24Cl2N4O. The Morgan fingerprint density at radius 3 is 2.52 bits per heavy atom. The third kappa shape index (κ3) is 3.78. The van der Waals surface area contributed by atoms with E-state index in [0.29, 0.717) is 28.6 Å². The van der Waals surface area contributed by atoms with E-state index >= 15 is 0 Å². The van der Waals surface area contributed by atoms with Crippen LogP contribution in [-0.4, -0.2) is 45.9 Å². The minimum Gasteiger partial charge on any atom is -0.337 e. The molecule has 2 unspecified atom stereocenters. The topological polar surface area (TPSA) is 58.1 Å². The molecule has 0 radical (unpaired) electrons. The highest BCUT2D eigenvalue weighted by molar-refractivity contribution is 6.33. The molecule has 2 atom stereocenters. The molecule has 3 heterocycles. The molecule has 2 aliphatic rings. The fourth-order valence-corrected chi connectivity index (χ4v) is 3.66. The number of hydrogen-bond acceptors (Lipinski definition) is 4. The van der Waals surface area contributed by atoms with Crippen LogP contribution < -0.4 is 5.32 Å². The summed E-state index contributed by atoms with van der Waals surface area (Å²) in [5.41, 5.74) is 0.328. The van der Waals surface area contributed by atoms with Gasteiger partial charge in [0.2, 0.25) is 0 Å². The van der Waals surface area contributed by atoms with E-state index in [1.807, 2.05) is 25.8 Å². The first-order valence-corrected chi connectivity index (χ1v) is 8.39. The third-order valence-electron chi connectivity index (χ3n) is 4.80. The molecule has 0 spiro atoms.